The summed E-state index contributed by atoms with van der Waals surface area (Å²) in [5.74, 6) is 0.969. The van der Waals surface area contributed by atoms with Crippen molar-refractivity contribution in [3.05, 3.63) is 89.3 Å². The van der Waals surface area contributed by atoms with E-state index >= 15 is 0 Å². The van der Waals surface area contributed by atoms with E-state index < -0.39 is 0 Å². The Hall–Kier alpha value is -1.49. The molecule has 0 aromatic heterocycles. The van der Waals surface area contributed by atoms with Crippen LogP contribution in [0.4, 0.5) is 5.69 Å². The lowest BCUT2D eigenvalue weighted by Gasteiger charge is -2.16. The molecule has 1 fully saturated rings. The molecule has 0 saturated carbocycles. The summed E-state index contributed by atoms with van der Waals surface area (Å²) in [7, 11) is 0. The maximum absolute atomic E-state index is 13.1. The van der Waals surface area contributed by atoms with E-state index in [1.54, 1.807) is 42.5 Å². The summed E-state index contributed by atoms with van der Waals surface area (Å²) in [6.45, 7) is 2.60. The average Bonchev–Trinajstić information content (AvgIpc) is 3.07. The zero-order valence-corrected chi connectivity index (χ0v) is 24.2. The minimum atomic E-state index is -0.201. The summed E-state index contributed by atoms with van der Waals surface area (Å²) in [5, 5.41) is 1.63. The predicted molar refractivity (Wildman–Crippen MR) is 158 cm³/mol. The Labute approximate surface area is 241 Å². The molecule has 1 saturated heterocycles. The van der Waals surface area contributed by atoms with Crippen molar-refractivity contribution in [2.24, 2.45) is 0 Å². The van der Waals surface area contributed by atoms with Gasteiger partial charge in [-0.25, -0.2) is 0 Å². The van der Waals surface area contributed by atoms with Crippen LogP contribution in [0.3, 0.4) is 0 Å². The fraction of sp³-hybridized carbons (Fsp3) is 0.120. The second kappa shape index (κ2) is 11.7. The fourth-order valence-electron chi connectivity index (χ4n) is 3.32. The van der Waals surface area contributed by atoms with E-state index in [9.17, 15) is 4.79 Å². The minimum absolute atomic E-state index is 0.201. The lowest BCUT2D eigenvalue weighted by atomic mass is 10.1. The number of halogens is 4. The number of ether oxygens (including phenoxy) is 2. The van der Waals surface area contributed by atoms with Crippen LogP contribution in [0.25, 0.3) is 6.08 Å². The second-order valence-corrected chi connectivity index (χ2v) is 11.4. The minimum Gasteiger partial charge on any atom is -0.490 e. The van der Waals surface area contributed by atoms with Gasteiger partial charge in [0.2, 0.25) is 0 Å². The molecule has 0 N–H and O–H groups in total. The molecule has 1 amide bonds. The van der Waals surface area contributed by atoms with Gasteiger partial charge >= 0.3 is 0 Å². The number of anilines is 1. The Morgan fingerprint density at radius 2 is 1.83 bits per heavy atom. The van der Waals surface area contributed by atoms with Crippen LogP contribution in [0, 0.1) is 3.57 Å². The first kappa shape index (κ1) is 26.6. The largest absolute Gasteiger partial charge is 0.490 e. The Kier molecular flexibility index (Phi) is 8.89. The number of benzene rings is 3. The van der Waals surface area contributed by atoms with E-state index in [2.05, 4.69) is 22.6 Å². The molecule has 0 bridgehead atoms. The van der Waals surface area contributed by atoms with Crippen LogP contribution in [-0.2, 0) is 11.4 Å². The third kappa shape index (κ3) is 6.26. The Morgan fingerprint density at radius 1 is 1.06 bits per heavy atom. The Morgan fingerprint density at radius 3 is 2.54 bits per heavy atom. The molecule has 0 radical (unpaired) electrons. The molecule has 3 aromatic carbocycles. The number of carbonyl (C=O) groups excluding carboxylic acids is 1. The van der Waals surface area contributed by atoms with E-state index in [0.29, 0.717) is 48.1 Å². The highest BCUT2D eigenvalue weighted by molar-refractivity contribution is 14.1. The van der Waals surface area contributed by atoms with Crippen molar-refractivity contribution in [1.82, 2.24) is 0 Å². The smallest absolute Gasteiger partial charge is 0.270 e. The Balaban J connectivity index is 1.61. The molecule has 10 heteroatoms. The second-order valence-electron chi connectivity index (χ2n) is 7.28. The number of thioether (sulfide) groups is 1. The molecule has 0 aliphatic carbocycles. The molecule has 0 unspecified atom stereocenters. The summed E-state index contributed by atoms with van der Waals surface area (Å²) in [6, 6.07) is 16.1. The van der Waals surface area contributed by atoms with Crippen molar-refractivity contribution < 1.29 is 14.3 Å². The van der Waals surface area contributed by atoms with Crippen molar-refractivity contribution in [2.45, 2.75) is 13.5 Å². The van der Waals surface area contributed by atoms with Gasteiger partial charge in [-0.15, -0.1) is 0 Å². The zero-order valence-electron chi connectivity index (χ0n) is 18.2. The highest BCUT2D eigenvalue weighted by atomic mass is 127. The van der Waals surface area contributed by atoms with Crippen LogP contribution < -0.4 is 14.4 Å². The van der Waals surface area contributed by atoms with Crippen LogP contribution in [0.5, 0.6) is 11.5 Å². The van der Waals surface area contributed by atoms with Gasteiger partial charge in [-0.05, 0) is 83.6 Å². The predicted octanol–water partition coefficient (Wildman–Crippen LogP) is 8.63. The fourth-order valence-corrected chi connectivity index (χ4v) is 6.05. The van der Waals surface area contributed by atoms with Gasteiger partial charge < -0.3 is 9.47 Å². The lowest BCUT2D eigenvalue weighted by molar-refractivity contribution is -0.113. The number of rotatable bonds is 7. The van der Waals surface area contributed by atoms with Crippen molar-refractivity contribution in [2.75, 3.05) is 11.5 Å². The summed E-state index contributed by atoms with van der Waals surface area (Å²) in [5.41, 5.74) is 2.24. The number of thiocarbonyl (C=S) groups is 1. The third-order valence-electron chi connectivity index (χ3n) is 4.88. The van der Waals surface area contributed by atoms with Crippen LogP contribution in [-0.4, -0.2) is 16.8 Å². The molecule has 1 aliphatic rings. The van der Waals surface area contributed by atoms with Crippen molar-refractivity contribution in [3.8, 4) is 11.5 Å². The van der Waals surface area contributed by atoms with Crippen molar-refractivity contribution >= 4 is 103 Å². The zero-order chi connectivity index (χ0) is 25.1. The number of hydrogen-bond acceptors (Lipinski definition) is 5. The van der Waals surface area contributed by atoms with E-state index in [-0.39, 0.29) is 12.5 Å². The van der Waals surface area contributed by atoms with Gasteiger partial charge in [0.25, 0.3) is 5.91 Å². The van der Waals surface area contributed by atoms with Crippen LogP contribution in [0.2, 0.25) is 15.1 Å². The van der Waals surface area contributed by atoms with Gasteiger partial charge in [0.1, 0.15) is 6.61 Å². The summed E-state index contributed by atoms with van der Waals surface area (Å²) in [6.07, 6.45) is 1.80. The molecular weight excluding hydrogens is 660 g/mol. The quantitative estimate of drug-likeness (QED) is 0.142. The summed E-state index contributed by atoms with van der Waals surface area (Å²) >= 11 is 27.3. The SMILES string of the molecule is CCOc1cc(/C=C2\SC(=S)N(c3cccc(Cl)c3)C2=O)cc(I)c1OCc1ccc(Cl)cc1Cl. The van der Waals surface area contributed by atoms with Crippen LogP contribution in [0.1, 0.15) is 18.1 Å². The van der Waals surface area contributed by atoms with E-state index in [0.717, 1.165) is 14.7 Å². The van der Waals surface area contributed by atoms with E-state index in [1.165, 1.54) is 16.7 Å². The van der Waals surface area contributed by atoms with Crippen LogP contribution >= 0.6 is 81.4 Å². The normalized spacial score (nSPS) is 14.7. The molecule has 0 spiro atoms. The molecule has 180 valence electrons. The van der Waals surface area contributed by atoms with Gasteiger partial charge in [0.15, 0.2) is 15.8 Å². The topological polar surface area (TPSA) is 38.8 Å². The lowest BCUT2D eigenvalue weighted by Crippen LogP contribution is -2.27. The molecule has 1 heterocycles. The van der Waals surface area contributed by atoms with E-state index in [4.69, 9.17) is 56.5 Å². The van der Waals surface area contributed by atoms with Crippen molar-refractivity contribution in [3.63, 3.8) is 0 Å². The summed E-state index contributed by atoms with van der Waals surface area (Å²) in [4.78, 5) is 15.1. The molecule has 1 aliphatic heterocycles. The van der Waals surface area contributed by atoms with Gasteiger partial charge in [-0.2, -0.15) is 0 Å². The maximum atomic E-state index is 13.1. The van der Waals surface area contributed by atoms with Crippen molar-refractivity contribution in [1.29, 1.82) is 0 Å². The molecule has 0 atom stereocenters. The third-order valence-corrected chi connectivity index (χ3v) is 7.80. The van der Waals surface area contributed by atoms with E-state index in [1.807, 2.05) is 25.1 Å². The van der Waals surface area contributed by atoms with Gasteiger partial charge in [-0.1, -0.05) is 70.9 Å². The Bertz CT molecular complexity index is 1350. The highest BCUT2D eigenvalue weighted by Crippen LogP contribution is 2.39. The monoisotopic (exact) mass is 675 g/mol. The summed E-state index contributed by atoms with van der Waals surface area (Å²) < 4.78 is 13.2. The standard InChI is InChI=1S/C25H17Cl3INO3S2/c1-2-32-21-9-14(8-20(29)23(21)33-13-15-6-7-17(27)12-19(15)28)10-22-24(31)30(25(34)35-22)18-5-3-4-16(26)11-18/h3-12H,2,13H2,1H3/b22-10-. The van der Waals surface area contributed by atoms with Crippen LogP contribution in [0.15, 0.2) is 59.5 Å². The number of nitrogens with zero attached hydrogens (tertiary/aromatic N) is 1. The first-order chi connectivity index (χ1) is 16.8. The molecule has 4 rings (SSSR count). The highest BCUT2D eigenvalue weighted by Gasteiger charge is 2.33. The first-order valence-electron chi connectivity index (χ1n) is 10.3. The number of hydrogen-bond donors (Lipinski definition) is 0. The number of amides is 1. The average molecular weight is 677 g/mol. The molecule has 35 heavy (non-hydrogen) atoms. The molecular formula is C25H17Cl3INO3S2. The maximum Gasteiger partial charge on any atom is 0.270 e. The number of carbonyl (C=O) groups is 1. The van der Waals surface area contributed by atoms with Gasteiger partial charge in [-0.3, -0.25) is 9.69 Å². The van der Waals surface area contributed by atoms with Gasteiger partial charge in [0.05, 0.1) is 20.8 Å². The van der Waals surface area contributed by atoms with Gasteiger partial charge in [0, 0.05) is 20.6 Å². The first-order valence-corrected chi connectivity index (χ1v) is 13.8. The molecule has 3 aromatic rings. The molecule has 4 nitrogen and oxygen atoms in total.